The molecule has 0 unspecified atom stereocenters. The summed E-state index contributed by atoms with van der Waals surface area (Å²) in [4.78, 5) is 63.7. The Morgan fingerprint density at radius 1 is 0.810 bits per heavy atom. The van der Waals surface area contributed by atoms with Crippen molar-refractivity contribution < 1.29 is 54.3 Å². The summed E-state index contributed by atoms with van der Waals surface area (Å²) in [6.07, 6.45) is 1.45. The molecule has 1 aromatic carbocycles. The minimum absolute atomic E-state index is 0.0199. The summed E-state index contributed by atoms with van der Waals surface area (Å²) in [5, 5.41) is 47.5. The molecular formula is C26H43N5O11. The number of aliphatic carboxylic acids is 4. The Bertz CT molecular complexity index is 1000. The van der Waals surface area contributed by atoms with Crippen LogP contribution < -0.4 is 27.8 Å². The molecule has 0 aliphatic rings. The lowest BCUT2D eigenvalue weighted by molar-refractivity contribution is -0.147. The third-order valence-corrected chi connectivity index (χ3v) is 5.35. The van der Waals surface area contributed by atoms with Gasteiger partial charge in [0, 0.05) is 6.92 Å². The molecule has 1 aromatic rings. The van der Waals surface area contributed by atoms with Gasteiger partial charge in [0.25, 0.3) is 0 Å². The van der Waals surface area contributed by atoms with Crippen molar-refractivity contribution in [1.82, 2.24) is 10.6 Å². The van der Waals surface area contributed by atoms with Gasteiger partial charge in [-0.15, -0.1) is 0 Å². The number of carboxylic acids is 4. The summed E-state index contributed by atoms with van der Waals surface area (Å²) in [7, 11) is 0. The molecule has 0 spiro atoms. The summed E-state index contributed by atoms with van der Waals surface area (Å²) < 4.78 is 0. The van der Waals surface area contributed by atoms with Crippen LogP contribution in [-0.4, -0.2) is 91.9 Å². The molecule has 2 amide bonds. The quantitative estimate of drug-likeness (QED) is 0.109. The highest BCUT2D eigenvalue weighted by Gasteiger charge is 2.24. The molecule has 0 radical (unpaired) electrons. The molecule has 0 saturated carbocycles. The van der Waals surface area contributed by atoms with E-state index in [4.69, 9.17) is 42.7 Å². The van der Waals surface area contributed by atoms with Gasteiger partial charge in [-0.2, -0.15) is 0 Å². The second-order valence-electron chi connectivity index (χ2n) is 9.46. The topological polar surface area (TPSA) is 306 Å². The normalized spacial score (nSPS) is 13.0. The van der Waals surface area contributed by atoms with Gasteiger partial charge in [0.1, 0.15) is 23.9 Å². The average Bonchev–Trinajstić information content (AvgIpc) is 2.88. The smallest absolute Gasteiger partial charge is 0.326 e. The standard InChI is InChI=1S/C11H23N3O3.C9H11NO3.C6H9NO5/c1-7(2)9(13)10(15)14-8(11(16)17)5-3-4-6-12;10-8(9(12)13)5-6-1-3-7(11)4-2-6;1-3(8)7-4(6(11)12)2-5(9)10/h7-9H,3-6,12-13H2,1-2H3,(H,14,15)(H,16,17);1-4,8,11H,5,10H2,(H,12,13);4H,2H2,1H3,(H,7,8)(H,9,10)(H,11,12)/t8-,9-;8-;4-/m000/s1. The number of aromatic hydroxyl groups is 1. The minimum Gasteiger partial charge on any atom is -0.508 e. The van der Waals surface area contributed by atoms with Crippen LogP contribution in [0.2, 0.25) is 0 Å². The summed E-state index contributed by atoms with van der Waals surface area (Å²) in [5.41, 5.74) is 17.1. The van der Waals surface area contributed by atoms with Gasteiger partial charge >= 0.3 is 23.9 Å². The van der Waals surface area contributed by atoms with E-state index in [1.807, 2.05) is 19.2 Å². The Balaban J connectivity index is 0. The molecule has 0 aliphatic carbocycles. The molecule has 16 heteroatoms. The summed E-state index contributed by atoms with van der Waals surface area (Å²) in [5.74, 6) is -5.52. The molecule has 42 heavy (non-hydrogen) atoms. The Kier molecular flexibility index (Phi) is 20.4. The molecule has 13 N–H and O–H groups in total. The zero-order valence-electron chi connectivity index (χ0n) is 23.9. The molecular weight excluding hydrogens is 558 g/mol. The summed E-state index contributed by atoms with van der Waals surface area (Å²) >= 11 is 0. The molecule has 16 nitrogen and oxygen atoms in total. The van der Waals surface area contributed by atoms with Crippen molar-refractivity contribution in [3.05, 3.63) is 29.8 Å². The van der Waals surface area contributed by atoms with E-state index >= 15 is 0 Å². The van der Waals surface area contributed by atoms with E-state index < -0.39 is 66.3 Å². The molecule has 0 aliphatic heterocycles. The van der Waals surface area contributed by atoms with Gasteiger partial charge in [-0.05, 0) is 55.8 Å². The first-order chi connectivity index (χ1) is 19.4. The highest BCUT2D eigenvalue weighted by molar-refractivity contribution is 5.87. The fourth-order valence-corrected chi connectivity index (χ4v) is 2.91. The lowest BCUT2D eigenvalue weighted by atomic mass is 10.0. The number of phenols is 1. The maximum atomic E-state index is 11.6. The maximum absolute atomic E-state index is 11.6. The number of hydrogen-bond donors (Lipinski definition) is 10. The number of phenolic OH excluding ortho intramolecular Hbond substituents is 1. The molecule has 1 rings (SSSR count). The molecule has 238 valence electrons. The number of carbonyl (C=O) groups excluding carboxylic acids is 2. The minimum atomic E-state index is -1.35. The number of rotatable bonds is 15. The number of benzene rings is 1. The summed E-state index contributed by atoms with van der Waals surface area (Å²) in [6.45, 7) is 5.27. The van der Waals surface area contributed by atoms with Crippen molar-refractivity contribution in [2.45, 2.75) is 77.0 Å². The first-order valence-electron chi connectivity index (χ1n) is 12.9. The predicted molar refractivity (Wildman–Crippen MR) is 150 cm³/mol. The van der Waals surface area contributed by atoms with E-state index in [0.717, 1.165) is 18.9 Å². The van der Waals surface area contributed by atoms with Crippen molar-refractivity contribution in [2.24, 2.45) is 23.1 Å². The highest BCUT2D eigenvalue weighted by atomic mass is 16.4. The number of carbonyl (C=O) groups is 6. The lowest BCUT2D eigenvalue weighted by Crippen LogP contribution is -2.50. The van der Waals surface area contributed by atoms with Crippen LogP contribution in [0.5, 0.6) is 5.75 Å². The highest BCUT2D eigenvalue weighted by Crippen LogP contribution is 2.10. The first-order valence-corrected chi connectivity index (χ1v) is 12.9. The number of nitrogens with one attached hydrogen (secondary N) is 2. The van der Waals surface area contributed by atoms with Crippen LogP contribution >= 0.6 is 0 Å². The first kappa shape index (κ1) is 39.9. The maximum Gasteiger partial charge on any atom is 0.326 e. The van der Waals surface area contributed by atoms with Gasteiger partial charge < -0.3 is 53.4 Å². The van der Waals surface area contributed by atoms with Crippen LogP contribution in [0.15, 0.2) is 24.3 Å². The molecule has 0 aromatic heterocycles. The molecule has 0 fully saturated rings. The molecule has 0 bridgehead atoms. The van der Waals surface area contributed by atoms with Gasteiger partial charge in [-0.3, -0.25) is 19.2 Å². The van der Waals surface area contributed by atoms with Gasteiger partial charge in [0.15, 0.2) is 0 Å². The van der Waals surface area contributed by atoms with E-state index in [1.54, 1.807) is 12.1 Å². The van der Waals surface area contributed by atoms with Crippen LogP contribution in [0.1, 0.15) is 52.0 Å². The zero-order chi connectivity index (χ0) is 33.0. The summed E-state index contributed by atoms with van der Waals surface area (Å²) in [6, 6.07) is 2.53. The number of unbranched alkanes of at least 4 members (excludes halogenated alkanes) is 1. The number of carboxylic acid groups (broad SMARTS) is 4. The predicted octanol–water partition coefficient (Wildman–Crippen LogP) is -0.935. The van der Waals surface area contributed by atoms with Crippen LogP contribution in [0.3, 0.4) is 0 Å². The van der Waals surface area contributed by atoms with Crippen LogP contribution in [0.25, 0.3) is 0 Å². The third-order valence-electron chi connectivity index (χ3n) is 5.35. The van der Waals surface area contributed by atoms with E-state index in [-0.39, 0.29) is 18.1 Å². The van der Waals surface area contributed by atoms with Crippen LogP contribution in [-0.2, 0) is 35.2 Å². The average molecular weight is 602 g/mol. The van der Waals surface area contributed by atoms with Gasteiger partial charge in [0.2, 0.25) is 11.8 Å². The van der Waals surface area contributed by atoms with Gasteiger partial charge in [-0.1, -0.05) is 26.0 Å². The van der Waals surface area contributed by atoms with Gasteiger partial charge in [-0.25, -0.2) is 9.59 Å². The Hall–Kier alpha value is -4.28. The van der Waals surface area contributed by atoms with E-state index in [1.165, 1.54) is 12.1 Å². The molecule has 0 heterocycles. The second-order valence-corrected chi connectivity index (χ2v) is 9.46. The third kappa shape index (κ3) is 19.7. The fraction of sp³-hybridized carbons (Fsp3) is 0.538. The second kappa shape index (κ2) is 21.5. The Morgan fingerprint density at radius 3 is 1.71 bits per heavy atom. The lowest BCUT2D eigenvalue weighted by Gasteiger charge is -2.19. The van der Waals surface area contributed by atoms with Gasteiger partial charge in [0.05, 0.1) is 12.5 Å². The number of nitrogens with two attached hydrogens (primary N) is 3. The van der Waals surface area contributed by atoms with E-state index in [0.29, 0.717) is 19.4 Å². The van der Waals surface area contributed by atoms with Crippen LogP contribution in [0, 0.1) is 5.92 Å². The fourth-order valence-electron chi connectivity index (χ4n) is 2.91. The molecule has 0 saturated heterocycles. The van der Waals surface area contributed by atoms with Crippen molar-refractivity contribution in [1.29, 1.82) is 0 Å². The SMILES string of the molecule is CC(=O)N[C@@H](CC(=O)O)C(=O)O.CC(C)[C@H](N)C(=O)N[C@@H](CCCCN)C(=O)O.N[C@@H](Cc1ccc(O)cc1)C(=O)O. The van der Waals surface area contributed by atoms with Crippen molar-refractivity contribution in [2.75, 3.05) is 6.54 Å². The number of hydrogen-bond acceptors (Lipinski definition) is 10. The van der Waals surface area contributed by atoms with Crippen LogP contribution in [0.4, 0.5) is 0 Å². The zero-order valence-corrected chi connectivity index (χ0v) is 23.9. The monoisotopic (exact) mass is 601 g/mol. The Morgan fingerprint density at radius 2 is 1.33 bits per heavy atom. The Labute approximate surface area is 243 Å². The van der Waals surface area contributed by atoms with E-state index in [9.17, 15) is 28.8 Å². The van der Waals surface area contributed by atoms with Crippen molar-refractivity contribution in [3.8, 4) is 5.75 Å². The van der Waals surface area contributed by atoms with E-state index in [2.05, 4.69) is 5.32 Å². The molecule has 4 atom stereocenters. The number of amides is 2. The van der Waals surface area contributed by atoms with Crippen molar-refractivity contribution in [3.63, 3.8) is 0 Å². The van der Waals surface area contributed by atoms with Crippen molar-refractivity contribution >= 4 is 35.7 Å². The largest absolute Gasteiger partial charge is 0.508 e.